The maximum absolute atomic E-state index is 13.8. The molecule has 0 atom stereocenters. The number of benzene rings is 2. The highest BCUT2D eigenvalue weighted by molar-refractivity contribution is 9.10. The van der Waals surface area contributed by atoms with E-state index in [1.54, 1.807) is 12.1 Å². The lowest BCUT2D eigenvalue weighted by atomic mass is 10.1. The number of rotatable bonds is 5. The largest absolute Gasteiger partial charge is 0.451 e. The summed E-state index contributed by atoms with van der Waals surface area (Å²) in [5.41, 5.74) is -0.691. The van der Waals surface area contributed by atoms with Gasteiger partial charge in [-0.25, -0.2) is 8.78 Å². The number of hydrogen-bond acceptors (Lipinski definition) is 3. The Morgan fingerprint density at radius 1 is 1.07 bits per heavy atom. The zero-order chi connectivity index (χ0) is 22.1. The third-order valence-electron chi connectivity index (χ3n) is 4.17. The van der Waals surface area contributed by atoms with Crippen LogP contribution in [-0.4, -0.2) is 13.0 Å². The second-order valence-electron chi connectivity index (χ2n) is 6.23. The van der Waals surface area contributed by atoms with Gasteiger partial charge in [-0.2, -0.15) is 13.2 Å². The molecule has 0 saturated heterocycles. The van der Waals surface area contributed by atoms with E-state index in [2.05, 4.69) is 26.6 Å². The third-order valence-corrected chi connectivity index (χ3v) is 4.70. The Morgan fingerprint density at radius 2 is 1.67 bits per heavy atom. The Hall–Kier alpha value is -2.88. The van der Waals surface area contributed by atoms with Crippen LogP contribution in [0.3, 0.4) is 0 Å². The Morgan fingerprint density at radius 3 is 2.20 bits per heavy atom. The van der Waals surface area contributed by atoms with E-state index >= 15 is 0 Å². The number of halogens is 6. The van der Waals surface area contributed by atoms with Crippen LogP contribution in [0.25, 0.3) is 11.3 Å². The molecule has 4 nitrogen and oxygen atoms in total. The predicted molar refractivity (Wildman–Crippen MR) is 104 cm³/mol. The van der Waals surface area contributed by atoms with Crippen LogP contribution < -0.4 is 10.6 Å². The molecule has 1 heterocycles. The third kappa shape index (κ3) is 4.64. The molecule has 0 bridgehead atoms. The lowest BCUT2D eigenvalue weighted by molar-refractivity contribution is -0.153. The van der Waals surface area contributed by atoms with Crippen LogP contribution in [0.2, 0.25) is 0 Å². The quantitative estimate of drug-likeness (QED) is 0.434. The smallest absolute Gasteiger partial charge is 0.450 e. The zero-order valence-electron chi connectivity index (χ0n) is 15.3. The highest BCUT2D eigenvalue weighted by Crippen LogP contribution is 2.37. The minimum atomic E-state index is -4.91. The van der Waals surface area contributed by atoms with Crippen LogP contribution in [0.4, 0.5) is 27.6 Å². The van der Waals surface area contributed by atoms with Gasteiger partial charge in [-0.15, -0.1) is 0 Å². The van der Waals surface area contributed by atoms with Crippen LogP contribution in [0, 0.1) is 11.6 Å². The fourth-order valence-electron chi connectivity index (χ4n) is 2.77. The van der Waals surface area contributed by atoms with E-state index < -0.39 is 35.0 Å². The van der Waals surface area contributed by atoms with Gasteiger partial charge < -0.3 is 15.1 Å². The van der Waals surface area contributed by atoms with Gasteiger partial charge in [0.1, 0.15) is 23.1 Å². The topological polar surface area (TPSA) is 54.3 Å². The van der Waals surface area contributed by atoms with Crippen molar-refractivity contribution in [2.75, 3.05) is 12.4 Å². The van der Waals surface area contributed by atoms with Crippen LogP contribution in [0.5, 0.6) is 0 Å². The number of carbonyl (C=O) groups is 1. The minimum Gasteiger partial charge on any atom is -0.451 e. The molecule has 3 rings (SSSR count). The van der Waals surface area contributed by atoms with Crippen LogP contribution in [-0.2, 0) is 12.7 Å². The average molecular weight is 489 g/mol. The molecule has 0 saturated carbocycles. The van der Waals surface area contributed by atoms with E-state index in [1.165, 1.54) is 19.2 Å². The van der Waals surface area contributed by atoms with Crippen molar-refractivity contribution in [1.29, 1.82) is 0 Å². The number of hydrogen-bond donors (Lipinski definition) is 2. The second kappa shape index (κ2) is 8.47. The summed E-state index contributed by atoms with van der Waals surface area (Å²) in [6, 6.07) is 9.21. The number of anilines is 1. The summed E-state index contributed by atoms with van der Waals surface area (Å²) in [4.78, 5) is 12.4. The first-order valence-corrected chi connectivity index (χ1v) is 9.30. The van der Waals surface area contributed by atoms with Crippen molar-refractivity contribution in [2.45, 2.75) is 12.7 Å². The van der Waals surface area contributed by atoms with E-state index in [9.17, 15) is 26.7 Å². The molecule has 0 unspecified atom stereocenters. The summed E-state index contributed by atoms with van der Waals surface area (Å²) in [7, 11) is 1.34. The first-order valence-electron chi connectivity index (χ1n) is 8.51. The molecule has 0 aliphatic heterocycles. The molecule has 1 amide bonds. The van der Waals surface area contributed by atoms with Crippen LogP contribution in [0.15, 0.2) is 51.4 Å². The number of carbonyl (C=O) groups excluding carboxylic acids is 1. The zero-order valence-corrected chi connectivity index (χ0v) is 16.9. The van der Waals surface area contributed by atoms with E-state index in [0.29, 0.717) is 5.56 Å². The fourth-order valence-corrected chi connectivity index (χ4v) is 3.04. The monoisotopic (exact) mass is 488 g/mol. The Bertz CT molecular complexity index is 1050. The molecule has 1 aromatic heterocycles. The average Bonchev–Trinajstić information content (AvgIpc) is 3.12. The van der Waals surface area contributed by atoms with Gasteiger partial charge in [0.15, 0.2) is 0 Å². The highest BCUT2D eigenvalue weighted by atomic mass is 79.9. The lowest BCUT2D eigenvalue weighted by Gasteiger charge is -2.09. The molecule has 2 N–H and O–H groups in total. The molecule has 0 aliphatic rings. The summed E-state index contributed by atoms with van der Waals surface area (Å²) in [5, 5.41) is 4.58. The van der Waals surface area contributed by atoms with Gasteiger partial charge >= 0.3 is 6.18 Å². The van der Waals surface area contributed by atoms with Gasteiger partial charge in [0.05, 0.1) is 5.56 Å². The van der Waals surface area contributed by atoms with E-state index in [0.717, 1.165) is 22.7 Å². The van der Waals surface area contributed by atoms with Gasteiger partial charge in [-0.3, -0.25) is 4.79 Å². The number of amides is 1. The van der Waals surface area contributed by atoms with Gasteiger partial charge in [0.25, 0.3) is 5.91 Å². The summed E-state index contributed by atoms with van der Waals surface area (Å²) in [6.07, 6.45) is -4.91. The molecule has 2 aromatic carbocycles. The molecule has 158 valence electrons. The van der Waals surface area contributed by atoms with Gasteiger partial charge in [-0.05, 0) is 35.9 Å². The number of furan rings is 1. The molecule has 0 spiro atoms. The van der Waals surface area contributed by atoms with Crippen molar-refractivity contribution in [3.63, 3.8) is 0 Å². The lowest BCUT2D eigenvalue weighted by Crippen LogP contribution is -2.25. The standard InChI is InChI=1S/C20H14BrF5N2O2/c1-27-17-14(22)6-10(7-15(17)23)9-28-19(29)13-8-16(30-18(13)20(24,25)26)11-2-4-12(21)5-3-11/h2-8,27H,9H2,1H3,(H,28,29). The SMILES string of the molecule is CNc1c(F)cc(CNC(=O)c2cc(-c3ccc(Br)cc3)oc2C(F)(F)F)cc1F. The van der Waals surface area contributed by atoms with Gasteiger partial charge in [-0.1, -0.05) is 28.1 Å². The maximum Gasteiger partial charge on any atom is 0.450 e. The van der Waals surface area contributed by atoms with Crippen LogP contribution in [0.1, 0.15) is 21.7 Å². The fraction of sp³-hybridized carbons (Fsp3) is 0.150. The first-order chi connectivity index (χ1) is 14.1. The van der Waals surface area contributed by atoms with Crippen molar-refractivity contribution in [1.82, 2.24) is 5.32 Å². The molecule has 0 fully saturated rings. The van der Waals surface area contributed by atoms with E-state index in [1.807, 2.05) is 0 Å². The Kier molecular flexibility index (Phi) is 6.16. The highest BCUT2D eigenvalue weighted by Gasteiger charge is 2.40. The molecular formula is C20H14BrF5N2O2. The normalized spacial score (nSPS) is 11.4. The maximum atomic E-state index is 13.8. The number of alkyl halides is 3. The summed E-state index contributed by atoms with van der Waals surface area (Å²) < 4.78 is 73.4. The van der Waals surface area contributed by atoms with Gasteiger partial charge in [0.2, 0.25) is 5.76 Å². The predicted octanol–water partition coefficient (Wildman–Crippen LogP) is 5.98. The molecule has 30 heavy (non-hydrogen) atoms. The Balaban J connectivity index is 1.87. The Labute approximate surface area is 176 Å². The molecule has 0 radical (unpaired) electrons. The van der Waals surface area contributed by atoms with E-state index in [4.69, 9.17) is 4.42 Å². The second-order valence-corrected chi connectivity index (χ2v) is 7.14. The first kappa shape index (κ1) is 21.8. The van der Waals surface area contributed by atoms with Crippen LogP contribution >= 0.6 is 15.9 Å². The summed E-state index contributed by atoms with van der Waals surface area (Å²) in [6.45, 7) is -0.382. The molecule has 10 heteroatoms. The van der Waals surface area contributed by atoms with Crippen molar-refractivity contribution >= 4 is 27.5 Å². The van der Waals surface area contributed by atoms with Gasteiger partial charge in [0, 0.05) is 23.6 Å². The van der Waals surface area contributed by atoms with Crippen molar-refractivity contribution in [2.24, 2.45) is 0 Å². The van der Waals surface area contributed by atoms with E-state index in [-0.39, 0.29) is 23.6 Å². The van der Waals surface area contributed by atoms with Crippen molar-refractivity contribution in [3.05, 3.63) is 75.5 Å². The summed E-state index contributed by atoms with van der Waals surface area (Å²) >= 11 is 3.22. The minimum absolute atomic E-state index is 0.0440. The number of nitrogens with one attached hydrogen (secondary N) is 2. The molecule has 3 aromatic rings. The summed E-state index contributed by atoms with van der Waals surface area (Å²) in [5.74, 6) is -4.47. The van der Waals surface area contributed by atoms with Crippen molar-refractivity contribution in [3.8, 4) is 11.3 Å². The molecular weight excluding hydrogens is 475 g/mol. The van der Waals surface area contributed by atoms with Crippen molar-refractivity contribution < 1.29 is 31.2 Å². The molecule has 0 aliphatic carbocycles.